The third kappa shape index (κ3) is 2.97. The minimum Gasteiger partial charge on any atom is -0.469 e. The Morgan fingerprint density at radius 3 is 2.42 bits per heavy atom. The average molecular weight is 501 g/mol. The van der Waals surface area contributed by atoms with Crippen LogP contribution in [0, 0.1) is 50.7 Å². The predicted molar refractivity (Wildman–Crippen MR) is 140 cm³/mol. The number of rotatable bonds is 2. The Balaban J connectivity index is 1.64. The van der Waals surface area contributed by atoms with Crippen LogP contribution >= 0.6 is 0 Å². The molecule has 0 unspecified atom stereocenters. The fourth-order valence-electron chi connectivity index (χ4n) is 10.5. The number of aliphatic hydroxyl groups excluding tert-OH is 3. The van der Waals surface area contributed by atoms with E-state index in [0.29, 0.717) is 18.3 Å². The van der Waals surface area contributed by atoms with Crippen LogP contribution in [0.25, 0.3) is 0 Å². The summed E-state index contributed by atoms with van der Waals surface area (Å²) >= 11 is 0. The van der Waals surface area contributed by atoms with Crippen molar-refractivity contribution in [3.63, 3.8) is 0 Å². The molecule has 0 saturated heterocycles. The van der Waals surface area contributed by atoms with Gasteiger partial charge in [0.15, 0.2) is 0 Å². The van der Waals surface area contributed by atoms with Gasteiger partial charge in [-0.25, -0.2) is 0 Å². The highest BCUT2D eigenvalue weighted by Gasteiger charge is 2.69. The lowest BCUT2D eigenvalue weighted by molar-refractivity contribution is -0.176. The molecule has 0 aromatic carbocycles. The standard InChI is InChI=1S/C31H48O5/c1-18-10-13-31(26(35)36-7)15-14-29(5)20(24(31)19(18)2)8-9-23-27(3)16-21(33)25(34)28(4,17-32)22(27)11-12-30(23,29)6/h8,11,18-19,21,23-25,32-34H,9-10,12-17H2,1-7H3/t18-,19+,21-,23-,24-,25+,27+,28+,29-,30-,31+/m1/s1. The van der Waals surface area contributed by atoms with Crippen molar-refractivity contribution >= 4 is 5.97 Å². The van der Waals surface area contributed by atoms with Crippen LogP contribution in [0.2, 0.25) is 0 Å². The van der Waals surface area contributed by atoms with Gasteiger partial charge in [0.2, 0.25) is 0 Å². The molecule has 36 heavy (non-hydrogen) atoms. The number of fused-ring (bicyclic) bond motifs is 7. The first-order valence-electron chi connectivity index (χ1n) is 14.2. The van der Waals surface area contributed by atoms with E-state index in [1.54, 1.807) is 7.11 Å². The van der Waals surface area contributed by atoms with Gasteiger partial charge in [0.05, 0.1) is 31.3 Å². The fourth-order valence-corrected chi connectivity index (χ4v) is 10.5. The van der Waals surface area contributed by atoms with Gasteiger partial charge in [-0.2, -0.15) is 0 Å². The van der Waals surface area contributed by atoms with E-state index in [2.05, 4.69) is 46.8 Å². The Kier molecular flexibility index (Phi) is 6.00. The molecule has 0 radical (unpaired) electrons. The van der Waals surface area contributed by atoms with Crippen LogP contribution in [0.4, 0.5) is 0 Å². The molecule has 3 N–H and O–H groups in total. The molecule has 5 nitrogen and oxygen atoms in total. The molecule has 5 aliphatic rings. The molecule has 5 rings (SSSR count). The zero-order valence-electron chi connectivity index (χ0n) is 23.4. The Labute approximate surface area is 217 Å². The van der Waals surface area contributed by atoms with E-state index in [1.165, 1.54) is 5.57 Å². The van der Waals surface area contributed by atoms with Gasteiger partial charge in [-0.3, -0.25) is 4.79 Å². The summed E-state index contributed by atoms with van der Waals surface area (Å²) in [5.74, 6) is 1.44. The van der Waals surface area contributed by atoms with Crippen molar-refractivity contribution in [2.24, 2.45) is 50.7 Å². The minimum atomic E-state index is -0.962. The lowest BCUT2D eigenvalue weighted by atomic mass is 9.35. The first-order chi connectivity index (χ1) is 16.8. The largest absolute Gasteiger partial charge is 0.469 e. The molecule has 3 saturated carbocycles. The summed E-state index contributed by atoms with van der Waals surface area (Å²) in [5.41, 5.74) is 0.919. The second kappa shape index (κ2) is 8.16. The van der Waals surface area contributed by atoms with Crippen LogP contribution < -0.4 is 0 Å². The summed E-state index contributed by atoms with van der Waals surface area (Å²) in [7, 11) is 1.55. The zero-order chi connectivity index (χ0) is 26.5. The van der Waals surface area contributed by atoms with Gasteiger partial charge in [-0.15, -0.1) is 0 Å². The number of methoxy groups -OCH3 is 1. The Bertz CT molecular complexity index is 1000. The first kappa shape index (κ1) is 26.4. The van der Waals surface area contributed by atoms with Crippen LogP contribution in [-0.2, 0) is 9.53 Å². The monoisotopic (exact) mass is 500 g/mol. The van der Waals surface area contributed by atoms with Crippen molar-refractivity contribution < 1.29 is 24.9 Å². The van der Waals surface area contributed by atoms with Crippen molar-refractivity contribution in [1.82, 2.24) is 0 Å². The van der Waals surface area contributed by atoms with E-state index in [4.69, 9.17) is 4.74 Å². The maximum absolute atomic E-state index is 13.4. The van der Waals surface area contributed by atoms with E-state index in [1.807, 2.05) is 6.92 Å². The zero-order valence-corrected chi connectivity index (χ0v) is 23.4. The molecule has 3 fully saturated rings. The van der Waals surface area contributed by atoms with Crippen molar-refractivity contribution in [2.75, 3.05) is 13.7 Å². The predicted octanol–water partition coefficient (Wildman–Crippen LogP) is 5.04. The maximum atomic E-state index is 13.4. The molecule has 5 aliphatic carbocycles. The second-order valence-corrected chi connectivity index (χ2v) is 14.2. The molecule has 0 heterocycles. The van der Waals surface area contributed by atoms with E-state index in [-0.39, 0.29) is 40.7 Å². The highest BCUT2D eigenvalue weighted by molar-refractivity contribution is 5.78. The quantitative estimate of drug-likeness (QED) is 0.365. The Hall–Kier alpha value is -1.17. The van der Waals surface area contributed by atoms with Crippen LogP contribution in [0.5, 0.6) is 0 Å². The molecule has 202 valence electrons. The number of hydrogen-bond acceptors (Lipinski definition) is 5. The molecule has 0 bridgehead atoms. The second-order valence-electron chi connectivity index (χ2n) is 14.2. The first-order valence-corrected chi connectivity index (χ1v) is 14.2. The number of esters is 1. The number of aliphatic hydroxyl groups is 3. The van der Waals surface area contributed by atoms with E-state index in [9.17, 15) is 20.1 Å². The third-order valence-electron chi connectivity index (χ3n) is 13.0. The molecular formula is C31H48O5. The number of ether oxygens (including phenoxy) is 1. The van der Waals surface area contributed by atoms with Gasteiger partial charge in [-0.05, 0) is 84.9 Å². The van der Waals surface area contributed by atoms with Gasteiger partial charge in [-0.1, -0.05) is 64.8 Å². The normalized spacial score (nSPS) is 54.2. The smallest absolute Gasteiger partial charge is 0.312 e. The van der Waals surface area contributed by atoms with Crippen molar-refractivity contribution in [2.45, 2.75) is 98.7 Å². The van der Waals surface area contributed by atoms with Gasteiger partial charge in [0.1, 0.15) is 0 Å². The van der Waals surface area contributed by atoms with E-state index in [0.717, 1.165) is 44.1 Å². The van der Waals surface area contributed by atoms with Gasteiger partial charge in [0, 0.05) is 5.41 Å². The Morgan fingerprint density at radius 1 is 1.08 bits per heavy atom. The summed E-state index contributed by atoms with van der Waals surface area (Å²) in [4.78, 5) is 13.4. The van der Waals surface area contributed by atoms with Crippen molar-refractivity contribution in [3.8, 4) is 0 Å². The summed E-state index contributed by atoms with van der Waals surface area (Å²) < 4.78 is 5.47. The topological polar surface area (TPSA) is 87.0 Å². The lowest BCUT2D eigenvalue weighted by Gasteiger charge is -2.69. The summed E-state index contributed by atoms with van der Waals surface area (Å²) in [6.07, 6.45) is 9.06. The van der Waals surface area contributed by atoms with Crippen molar-refractivity contribution in [1.29, 1.82) is 0 Å². The average Bonchev–Trinajstić information content (AvgIpc) is 2.84. The highest BCUT2D eigenvalue weighted by atomic mass is 16.5. The highest BCUT2D eigenvalue weighted by Crippen LogP contribution is 2.74. The lowest BCUT2D eigenvalue weighted by Crippen LogP contribution is -2.65. The minimum absolute atomic E-state index is 0.0256. The van der Waals surface area contributed by atoms with Gasteiger partial charge < -0.3 is 20.1 Å². The maximum Gasteiger partial charge on any atom is 0.312 e. The molecule has 0 amide bonds. The Morgan fingerprint density at radius 2 is 1.78 bits per heavy atom. The molecule has 0 spiro atoms. The van der Waals surface area contributed by atoms with Crippen LogP contribution in [0.1, 0.15) is 86.5 Å². The number of carbonyl (C=O) groups is 1. The van der Waals surface area contributed by atoms with Gasteiger partial charge in [0.25, 0.3) is 0 Å². The molecule has 5 heteroatoms. The van der Waals surface area contributed by atoms with E-state index >= 15 is 0 Å². The third-order valence-corrected chi connectivity index (χ3v) is 13.0. The molecule has 0 aliphatic heterocycles. The molecular weight excluding hydrogens is 452 g/mol. The summed E-state index contributed by atoms with van der Waals surface area (Å²) in [5, 5.41) is 32.3. The van der Waals surface area contributed by atoms with Crippen LogP contribution in [-0.4, -0.2) is 47.2 Å². The van der Waals surface area contributed by atoms with Gasteiger partial charge >= 0.3 is 5.97 Å². The SMILES string of the molecule is COC(=O)[C@]12CC[C@@H](C)[C@H](C)[C@@H]1C1=CC[C@@H]3[C@@]4(C)C[C@@H](O)[C@H](O)[C@@](C)(CO)C4=CC[C@@]3(C)[C@]1(C)CC2. The number of carbonyl (C=O) groups excluding carboxylic acids is 1. The van der Waals surface area contributed by atoms with Crippen molar-refractivity contribution in [3.05, 3.63) is 23.3 Å². The molecule has 11 atom stereocenters. The number of hydrogen-bond donors (Lipinski definition) is 3. The molecule has 0 aromatic rings. The summed E-state index contributed by atoms with van der Waals surface area (Å²) in [6.45, 7) is 13.6. The van der Waals surface area contributed by atoms with Crippen LogP contribution in [0.3, 0.4) is 0 Å². The molecule has 0 aromatic heterocycles. The summed E-state index contributed by atoms with van der Waals surface area (Å²) in [6, 6.07) is 0. The van der Waals surface area contributed by atoms with Crippen LogP contribution in [0.15, 0.2) is 23.3 Å². The number of allylic oxidation sites excluding steroid dienone is 3. The fraction of sp³-hybridized carbons (Fsp3) is 0.839. The van der Waals surface area contributed by atoms with E-state index < -0.39 is 23.0 Å².